The lowest BCUT2D eigenvalue weighted by atomic mass is 9.98. The van der Waals surface area contributed by atoms with E-state index in [2.05, 4.69) is 15.5 Å². The number of aryl methyl sites for hydroxylation is 1. The maximum absolute atomic E-state index is 13.3. The molecule has 0 unspecified atom stereocenters. The molecule has 1 aromatic heterocycles. The predicted octanol–water partition coefficient (Wildman–Crippen LogP) is 7.17. The number of methoxy groups -OCH3 is 1. The number of esters is 1. The molecule has 0 bridgehead atoms. The smallest absolute Gasteiger partial charge is 0.416 e. The number of fused-ring (bicyclic) bond motifs is 1. The van der Waals surface area contributed by atoms with Crippen molar-refractivity contribution in [3.63, 3.8) is 0 Å². The number of aromatic nitrogens is 2. The van der Waals surface area contributed by atoms with Crippen molar-refractivity contribution in [2.75, 3.05) is 12.4 Å². The Bertz CT molecular complexity index is 1430. The zero-order valence-corrected chi connectivity index (χ0v) is 18.8. The van der Waals surface area contributed by atoms with E-state index in [1.807, 2.05) is 0 Å². The van der Waals surface area contributed by atoms with Crippen molar-refractivity contribution in [2.45, 2.75) is 19.3 Å². The molecular formula is C25H17F6N3O2. The van der Waals surface area contributed by atoms with Gasteiger partial charge in [0.2, 0.25) is 0 Å². The third kappa shape index (κ3) is 4.95. The van der Waals surface area contributed by atoms with E-state index in [1.165, 1.54) is 7.11 Å². The quantitative estimate of drug-likeness (QED) is 0.235. The number of nitrogens with zero attached hydrogens (tertiary/aromatic N) is 2. The molecule has 0 saturated heterocycles. The molecule has 1 heterocycles. The summed E-state index contributed by atoms with van der Waals surface area (Å²) in [6.07, 6.45) is -9.97. The van der Waals surface area contributed by atoms with E-state index in [1.54, 1.807) is 49.4 Å². The molecular weight excluding hydrogens is 488 g/mol. The van der Waals surface area contributed by atoms with Crippen molar-refractivity contribution in [3.05, 3.63) is 82.9 Å². The van der Waals surface area contributed by atoms with Crippen molar-refractivity contribution in [1.82, 2.24) is 10.2 Å². The summed E-state index contributed by atoms with van der Waals surface area (Å²) < 4.78 is 84.3. The number of alkyl halides is 6. The van der Waals surface area contributed by atoms with Gasteiger partial charge in [0.1, 0.15) is 5.69 Å². The molecule has 0 aliphatic heterocycles. The van der Waals surface area contributed by atoms with Crippen molar-refractivity contribution < 1.29 is 35.9 Å². The van der Waals surface area contributed by atoms with Crippen LogP contribution in [-0.4, -0.2) is 23.3 Å². The molecule has 0 atom stereocenters. The molecule has 4 aromatic rings. The summed E-state index contributed by atoms with van der Waals surface area (Å²) in [6.45, 7) is 1.76. The second kappa shape index (κ2) is 9.14. The van der Waals surface area contributed by atoms with Crippen LogP contribution in [0.25, 0.3) is 22.0 Å². The SMILES string of the molecule is COC(=O)c1ccc(-c2nnc(Nc3cc(C(F)(F)F)cc(C(F)(F)F)c3)c3ccccc23)c(C)c1. The number of benzene rings is 3. The number of hydrogen-bond acceptors (Lipinski definition) is 5. The van der Waals surface area contributed by atoms with Gasteiger partial charge in [0.05, 0.1) is 23.8 Å². The van der Waals surface area contributed by atoms with E-state index in [0.717, 1.165) is 0 Å². The molecule has 0 amide bonds. The Morgan fingerprint density at radius 3 is 2.00 bits per heavy atom. The third-order valence-corrected chi connectivity index (χ3v) is 5.44. The van der Waals surface area contributed by atoms with Gasteiger partial charge in [0.25, 0.3) is 0 Å². The summed E-state index contributed by atoms with van der Waals surface area (Å²) in [5.41, 5.74) is -1.26. The van der Waals surface area contributed by atoms with Gasteiger partial charge in [0.15, 0.2) is 5.82 Å². The summed E-state index contributed by atoms with van der Waals surface area (Å²) in [6, 6.07) is 12.7. The van der Waals surface area contributed by atoms with Crippen LogP contribution >= 0.6 is 0 Å². The minimum absolute atomic E-state index is 0.0226. The minimum Gasteiger partial charge on any atom is -0.465 e. The summed E-state index contributed by atoms with van der Waals surface area (Å²) in [5.74, 6) is -0.537. The minimum atomic E-state index is -4.98. The summed E-state index contributed by atoms with van der Waals surface area (Å²) in [5, 5.41) is 11.8. The van der Waals surface area contributed by atoms with Gasteiger partial charge >= 0.3 is 18.3 Å². The monoisotopic (exact) mass is 505 g/mol. The lowest BCUT2D eigenvalue weighted by Crippen LogP contribution is -2.12. The summed E-state index contributed by atoms with van der Waals surface area (Å²) >= 11 is 0. The molecule has 11 heteroatoms. The number of nitrogens with one attached hydrogen (secondary N) is 1. The Kier molecular flexibility index (Phi) is 6.33. The van der Waals surface area contributed by atoms with E-state index < -0.39 is 35.1 Å². The van der Waals surface area contributed by atoms with Crippen molar-refractivity contribution >= 4 is 28.2 Å². The van der Waals surface area contributed by atoms with E-state index in [-0.39, 0.29) is 11.9 Å². The first kappa shape index (κ1) is 25.0. The van der Waals surface area contributed by atoms with Gasteiger partial charge in [-0.05, 0) is 42.8 Å². The Labute approximate surface area is 200 Å². The molecule has 5 nitrogen and oxygen atoms in total. The molecule has 0 aliphatic carbocycles. The van der Waals surface area contributed by atoms with Crippen molar-refractivity contribution in [1.29, 1.82) is 0 Å². The molecule has 0 aliphatic rings. The molecule has 1 N–H and O–H groups in total. The number of anilines is 2. The normalized spacial score (nSPS) is 12.0. The van der Waals surface area contributed by atoms with Gasteiger partial charge in [-0.3, -0.25) is 0 Å². The lowest BCUT2D eigenvalue weighted by molar-refractivity contribution is -0.143. The van der Waals surface area contributed by atoms with E-state index in [4.69, 9.17) is 4.74 Å². The fourth-order valence-corrected chi connectivity index (χ4v) is 3.73. The summed E-state index contributed by atoms with van der Waals surface area (Å²) in [4.78, 5) is 11.8. The van der Waals surface area contributed by atoms with Crippen LogP contribution in [-0.2, 0) is 17.1 Å². The zero-order chi connectivity index (χ0) is 26.3. The van der Waals surface area contributed by atoms with E-state index in [0.29, 0.717) is 45.3 Å². The number of ether oxygens (including phenoxy) is 1. The van der Waals surface area contributed by atoms with Gasteiger partial charge in [-0.25, -0.2) is 4.79 Å². The topological polar surface area (TPSA) is 64.1 Å². The Hall–Kier alpha value is -4.15. The number of rotatable bonds is 4. The first-order valence-corrected chi connectivity index (χ1v) is 10.4. The van der Waals surface area contributed by atoms with Crippen molar-refractivity contribution in [2.24, 2.45) is 0 Å². The fourth-order valence-electron chi connectivity index (χ4n) is 3.73. The lowest BCUT2D eigenvalue weighted by Gasteiger charge is -2.16. The molecule has 0 saturated carbocycles. The van der Waals surface area contributed by atoms with Crippen LogP contribution in [0.5, 0.6) is 0 Å². The maximum Gasteiger partial charge on any atom is 0.416 e. The van der Waals surface area contributed by atoms with Crippen LogP contribution in [0.2, 0.25) is 0 Å². The van der Waals surface area contributed by atoms with Crippen LogP contribution in [0, 0.1) is 6.92 Å². The van der Waals surface area contributed by atoms with Crippen molar-refractivity contribution in [3.8, 4) is 11.3 Å². The fraction of sp³-hybridized carbons (Fsp3) is 0.160. The largest absolute Gasteiger partial charge is 0.465 e. The van der Waals surface area contributed by atoms with Crippen LogP contribution in [0.1, 0.15) is 27.0 Å². The van der Waals surface area contributed by atoms with Gasteiger partial charge in [0, 0.05) is 22.0 Å². The van der Waals surface area contributed by atoms with Gasteiger partial charge in [-0.1, -0.05) is 30.3 Å². The number of hydrogen-bond donors (Lipinski definition) is 1. The molecule has 0 radical (unpaired) electrons. The van der Waals surface area contributed by atoms with Crippen LogP contribution < -0.4 is 5.32 Å². The average Bonchev–Trinajstić information content (AvgIpc) is 2.82. The third-order valence-electron chi connectivity index (χ3n) is 5.44. The highest BCUT2D eigenvalue weighted by atomic mass is 19.4. The Morgan fingerprint density at radius 1 is 0.833 bits per heavy atom. The molecule has 4 rings (SSSR count). The van der Waals surface area contributed by atoms with Gasteiger partial charge in [-0.15, -0.1) is 10.2 Å². The molecule has 186 valence electrons. The van der Waals surface area contributed by atoms with Crippen LogP contribution in [0.3, 0.4) is 0 Å². The highest BCUT2D eigenvalue weighted by Crippen LogP contribution is 2.39. The second-order valence-corrected chi connectivity index (χ2v) is 7.88. The molecule has 36 heavy (non-hydrogen) atoms. The molecule has 3 aromatic carbocycles. The Morgan fingerprint density at radius 2 is 1.44 bits per heavy atom. The number of carbonyl (C=O) groups is 1. The standard InChI is InChI=1S/C25H17F6N3O2/c1-13-9-14(23(35)36-2)7-8-18(13)21-19-5-3-4-6-20(19)22(34-33-21)32-17-11-15(24(26,27)28)10-16(12-17)25(29,30)31/h3-12H,1-2H3,(H,32,34). The number of carbonyl (C=O) groups excluding carboxylic acids is 1. The van der Waals surface area contributed by atoms with Gasteiger partial charge in [-0.2, -0.15) is 26.3 Å². The van der Waals surface area contributed by atoms with Crippen LogP contribution in [0.15, 0.2) is 60.7 Å². The number of halogens is 6. The first-order valence-electron chi connectivity index (χ1n) is 10.4. The molecule has 0 fully saturated rings. The highest BCUT2D eigenvalue weighted by Gasteiger charge is 2.37. The zero-order valence-electron chi connectivity index (χ0n) is 18.8. The average molecular weight is 505 g/mol. The Balaban J connectivity index is 1.81. The van der Waals surface area contributed by atoms with E-state index in [9.17, 15) is 31.1 Å². The second-order valence-electron chi connectivity index (χ2n) is 7.88. The first-order chi connectivity index (χ1) is 16.9. The summed E-state index contributed by atoms with van der Waals surface area (Å²) in [7, 11) is 1.26. The van der Waals surface area contributed by atoms with Gasteiger partial charge < -0.3 is 10.1 Å². The maximum atomic E-state index is 13.3. The predicted molar refractivity (Wildman–Crippen MR) is 121 cm³/mol. The van der Waals surface area contributed by atoms with E-state index >= 15 is 0 Å². The van der Waals surface area contributed by atoms with Crippen LogP contribution in [0.4, 0.5) is 37.8 Å². The highest BCUT2D eigenvalue weighted by molar-refractivity contribution is 6.01. The molecule has 0 spiro atoms.